The van der Waals surface area contributed by atoms with Gasteiger partial charge in [-0.3, -0.25) is 20.4 Å². The molecule has 2 N–H and O–H groups in total. The van der Waals surface area contributed by atoms with E-state index in [1.165, 1.54) is 4.88 Å². The number of nitrogens with one attached hydrogen (secondary N) is 2. The van der Waals surface area contributed by atoms with Crippen molar-refractivity contribution in [1.82, 2.24) is 10.9 Å². The van der Waals surface area contributed by atoms with Gasteiger partial charge in [0.05, 0.1) is 25.4 Å². The maximum absolute atomic E-state index is 12.7. The maximum atomic E-state index is 12.7. The van der Waals surface area contributed by atoms with E-state index in [1.54, 1.807) is 23.5 Å². The van der Waals surface area contributed by atoms with Gasteiger partial charge in [0.15, 0.2) is 11.5 Å². The molecule has 1 aromatic heterocycles. The predicted molar refractivity (Wildman–Crippen MR) is 116 cm³/mol. The van der Waals surface area contributed by atoms with E-state index in [-0.39, 0.29) is 5.91 Å². The van der Waals surface area contributed by atoms with Crippen LogP contribution in [-0.2, 0) is 12.8 Å². The fraction of sp³-hybridized carbons (Fsp3) is 0.455. The number of rotatable bonds is 8. The zero-order valence-electron chi connectivity index (χ0n) is 17.6. The summed E-state index contributed by atoms with van der Waals surface area (Å²) < 4.78 is 16.9. The number of hydrogen-bond donors (Lipinski definition) is 2. The van der Waals surface area contributed by atoms with E-state index in [0.717, 1.165) is 31.2 Å². The standard InChI is InChI=1S/C22H28N2O5S/c1-4-27-17-11-14(12-18(28-5-2)20(17)29-6-3)21(25)23-24-22(26)16-13-30-19-10-8-7-9-15(16)19/h11-13H,4-10H2,1-3H3,(H,23,25)(H,24,26). The number of hydrazine groups is 1. The van der Waals surface area contributed by atoms with Crippen LogP contribution in [-0.4, -0.2) is 31.6 Å². The molecule has 2 amide bonds. The highest BCUT2D eigenvalue weighted by Gasteiger charge is 2.22. The number of aryl methyl sites for hydroxylation is 1. The Kier molecular flexibility index (Phi) is 7.57. The van der Waals surface area contributed by atoms with Gasteiger partial charge in [0.1, 0.15) is 0 Å². The number of hydrogen-bond acceptors (Lipinski definition) is 6. The van der Waals surface area contributed by atoms with Crippen molar-refractivity contribution < 1.29 is 23.8 Å². The molecule has 7 nitrogen and oxygen atoms in total. The molecule has 1 aliphatic rings. The van der Waals surface area contributed by atoms with E-state index in [1.807, 2.05) is 26.2 Å². The highest BCUT2D eigenvalue weighted by atomic mass is 32.1. The van der Waals surface area contributed by atoms with Gasteiger partial charge in [0.25, 0.3) is 11.8 Å². The Bertz CT molecular complexity index is 882. The van der Waals surface area contributed by atoms with Crippen LogP contribution in [0.2, 0.25) is 0 Å². The van der Waals surface area contributed by atoms with Crippen LogP contribution in [0, 0.1) is 0 Å². The van der Waals surface area contributed by atoms with Gasteiger partial charge in [0, 0.05) is 15.8 Å². The Morgan fingerprint density at radius 2 is 1.50 bits per heavy atom. The van der Waals surface area contributed by atoms with Crippen molar-refractivity contribution >= 4 is 23.2 Å². The van der Waals surface area contributed by atoms with Crippen molar-refractivity contribution in [1.29, 1.82) is 0 Å². The zero-order valence-corrected chi connectivity index (χ0v) is 18.4. The summed E-state index contributed by atoms with van der Waals surface area (Å²) in [4.78, 5) is 26.6. The van der Waals surface area contributed by atoms with Crippen LogP contribution in [0.25, 0.3) is 0 Å². The molecule has 0 aliphatic heterocycles. The summed E-state index contributed by atoms with van der Waals surface area (Å²) in [6.07, 6.45) is 4.17. The van der Waals surface area contributed by atoms with E-state index >= 15 is 0 Å². The minimum Gasteiger partial charge on any atom is -0.490 e. The van der Waals surface area contributed by atoms with Crippen molar-refractivity contribution in [3.8, 4) is 17.2 Å². The van der Waals surface area contributed by atoms with Crippen LogP contribution < -0.4 is 25.1 Å². The van der Waals surface area contributed by atoms with Crippen LogP contribution in [0.15, 0.2) is 17.5 Å². The molecule has 2 aromatic rings. The first-order chi connectivity index (χ1) is 14.6. The first-order valence-electron chi connectivity index (χ1n) is 10.3. The fourth-order valence-corrected chi connectivity index (χ4v) is 4.58. The van der Waals surface area contributed by atoms with E-state index in [4.69, 9.17) is 14.2 Å². The Labute approximate surface area is 180 Å². The quantitative estimate of drug-likeness (QED) is 0.618. The SMILES string of the molecule is CCOc1cc(C(=O)NNC(=O)c2csc3c2CCCC3)cc(OCC)c1OCC. The summed E-state index contributed by atoms with van der Waals surface area (Å²) in [6, 6.07) is 3.18. The molecule has 0 bridgehead atoms. The maximum Gasteiger partial charge on any atom is 0.270 e. The number of carbonyl (C=O) groups excluding carboxylic acids is 2. The average Bonchev–Trinajstić information content (AvgIpc) is 3.18. The molecule has 0 spiro atoms. The summed E-state index contributed by atoms with van der Waals surface area (Å²) in [7, 11) is 0. The number of amides is 2. The van der Waals surface area contributed by atoms with Gasteiger partial charge in [-0.05, 0) is 64.2 Å². The van der Waals surface area contributed by atoms with Gasteiger partial charge >= 0.3 is 0 Å². The summed E-state index contributed by atoms with van der Waals surface area (Å²) >= 11 is 1.61. The van der Waals surface area contributed by atoms with Gasteiger partial charge in [-0.15, -0.1) is 11.3 Å². The normalized spacial score (nSPS) is 12.6. The fourth-order valence-electron chi connectivity index (χ4n) is 3.46. The molecule has 162 valence electrons. The second kappa shape index (κ2) is 10.3. The van der Waals surface area contributed by atoms with Crippen LogP contribution >= 0.6 is 11.3 Å². The van der Waals surface area contributed by atoms with Crippen molar-refractivity contribution in [3.05, 3.63) is 39.1 Å². The van der Waals surface area contributed by atoms with E-state index in [0.29, 0.717) is 48.2 Å². The molecule has 30 heavy (non-hydrogen) atoms. The molecule has 1 aliphatic carbocycles. The Morgan fingerprint density at radius 1 is 0.900 bits per heavy atom. The topological polar surface area (TPSA) is 85.9 Å². The van der Waals surface area contributed by atoms with Gasteiger partial charge in [-0.2, -0.15) is 0 Å². The lowest BCUT2D eigenvalue weighted by molar-refractivity contribution is 0.0846. The van der Waals surface area contributed by atoms with E-state index in [9.17, 15) is 9.59 Å². The van der Waals surface area contributed by atoms with Gasteiger partial charge in [0.2, 0.25) is 5.75 Å². The molecule has 0 unspecified atom stereocenters. The van der Waals surface area contributed by atoms with Crippen LogP contribution in [0.3, 0.4) is 0 Å². The second-order valence-corrected chi connectivity index (χ2v) is 7.73. The molecule has 0 saturated heterocycles. The van der Waals surface area contributed by atoms with Crippen LogP contribution in [0.1, 0.15) is 64.8 Å². The second-order valence-electron chi connectivity index (χ2n) is 6.77. The monoisotopic (exact) mass is 432 g/mol. The number of ether oxygens (including phenoxy) is 3. The zero-order chi connectivity index (χ0) is 21.5. The van der Waals surface area contributed by atoms with Gasteiger partial charge < -0.3 is 14.2 Å². The molecule has 0 saturated carbocycles. The third-order valence-corrected chi connectivity index (χ3v) is 5.86. The Morgan fingerprint density at radius 3 is 2.13 bits per heavy atom. The molecular formula is C22H28N2O5S. The Balaban J connectivity index is 1.75. The molecule has 0 fully saturated rings. The average molecular weight is 433 g/mol. The first kappa shape index (κ1) is 22.0. The van der Waals surface area contributed by atoms with Crippen molar-refractivity contribution in [2.24, 2.45) is 0 Å². The lowest BCUT2D eigenvalue weighted by atomic mass is 9.96. The molecule has 3 rings (SSSR count). The van der Waals surface area contributed by atoms with Gasteiger partial charge in [-0.25, -0.2) is 0 Å². The number of fused-ring (bicyclic) bond motifs is 1. The number of carbonyl (C=O) groups is 2. The molecule has 0 radical (unpaired) electrons. The molecular weight excluding hydrogens is 404 g/mol. The third kappa shape index (κ3) is 4.87. The Hall–Kier alpha value is -2.74. The van der Waals surface area contributed by atoms with Crippen LogP contribution in [0.5, 0.6) is 17.2 Å². The number of benzene rings is 1. The van der Waals surface area contributed by atoms with Crippen molar-refractivity contribution in [2.45, 2.75) is 46.5 Å². The predicted octanol–water partition coefficient (Wildman–Crippen LogP) is 3.90. The summed E-state index contributed by atoms with van der Waals surface area (Å²) in [6.45, 7) is 6.83. The van der Waals surface area contributed by atoms with Crippen LogP contribution in [0.4, 0.5) is 0 Å². The largest absolute Gasteiger partial charge is 0.490 e. The van der Waals surface area contributed by atoms with E-state index in [2.05, 4.69) is 10.9 Å². The highest BCUT2D eigenvalue weighted by molar-refractivity contribution is 7.10. The summed E-state index contributed by atoms with van der Waals surface area (Å²) in [5, 5.41) is 1.87. The first-order valence-corrected chi connectivity index (χ1v) is 11.2. The summed E-state index contributed by atoms with van der Waals surface area (Å²) in [5.74, 6) is 0.551. The van der Waals surface area contributed by atoms with E-state index < -0.39 is 5.91 Å². The third-order valence-electron chi connectivity index (χ3n) is 4.77. The molecule has 8 heteroatoms. The molecule has 1 heterocycles. The minimum atomic E-state index is -0.461. The number of thiophene rings is 1. The van der Waals surface area contributed by atoms with Crippen molar-refractivity contribution in [2.75, 3.05) is 19.8 Å². The van der Waals surface area contributed by atoms with Crippen molar-refractivity contribution in [3.63, 3.8) is 0 Å². The molecule has 1 aromatic carbocycles. The highest BCUT2D eigenvalue weighted by Crippen LogP contribution is 2.39. The lowest BCUT2D eigenvalue weighted by Crippen LogP contribution is -2.41. The minimum absolute atomic E-state index is 0.302. The smallest absolute Gasteiger partial charge is 0.270 e. The summed E-state index contributed by atoms with van der Waals surface area (Å²) in [5.41, 5.74) is 7.09. The molecule has 0 atom stereocenters. The van der Waals surface area contributed by atoms with Gasteiger partial charge in [-0.1, -0.05) is 0 Å². The lowest BCUT2D eigenvalue weighted by Gasteiger charge is -2.17.